The van der Waals surface area contributed by atoms with Gasteiger partial charge < -0.3 is 9.84 Å². The molecule has 2 unspecified atom stereocenters. The first kappa shape index (κ1) is 25.5. The van der Waals surface area contributed by atoms with E-state index in [2.05, 4.69) is 15.0 Å². The first-order chi connectivity index (χ1) is 16.0. The zero-order valence-corrected chi connectivity index (χ0v) is 18.8. The number of aliphatic hydroxyl groups is 1. The fraction of sp³-hybridized carbons (Fsp3) is 0.375. The van der Waals surface area contributed by atoms with Gasteiger partial charge in [-0.3, -0.25) is 4.99 Å². The normalized spacial score (nSPS) is 15.0. The molecule has 0 saturated carbocycles. The van der Waals surface area contributed by atoms with Crippen LogP contribution in [0.25, 0.3) is 10.9 Å². The fourth-order valence-corrected chi connectivity index (χ4v) is 3.85. The molecule has 1 aromatic heterocycles. The predicted molar refractivity (Wildman–Crippen MR) is 119 cm³/mol. The van der Waals surface area contributed by atoms with Gasteiger partial charge >= 0.3 is 6.18 Å². The molecule has 2 aromatic carbocycles. The lowest BCUT2D eigenvalue weighted by atomic mass is 9.82. The summed E-state index contributed by atoms with van der Waals surface area (Å²) in [7, 11) is 1.22. The number of hydrogen-bond donors (Lipinski definition) is 1. The highest BCUT2D eigenvalue weighted by molar-refractivity contribution is 5.91. The van der Waals surface area contributed by atoms with Crippen LogP contribution in [-0.2, 0) is 0 Å². The Hall–Kier alpha value is -3.14. The molecule has 0 bridgehead atoms. The summed E-state index contributed by atoms with van der Waals surface area (Å²) in [4.78, 5) is 11.9. The van der Waals surface area contributed by atoms with Crippen molar-refractivity contribution in [2.75, 3.05) is 7.11 Å². The van der Waals surface area contributed by atoms with Gasteiger partial charge in [-0.25, -0.2) is 18.7 Å². The van der Waals surface area contributed by atoms with Crippen LogP contribution < -0.4 is 4.74 Å². The number of rotatable bonds is 8. The molecule has 0 fully saturated rings. The number of halogens is 5. The minimum Gasteiger partial charge on any atom is -0.493 e. The molecule has 2 atom stereocenters. The van der Waals surface area contributed by atoms with E-state index in [4.69, 9.17) is 4.74 Å². The Kier molecular flexibility index (Phi) is 7.50. The van der Waals surface area contributed by atoms with Crippen LogP contribution in [0.4, 0.5) is 27.6 Å². The third-order valence-corrected chi connectivity index (χ3v) is 5.51. The third-order valence-electron chi connectivity index (χ3n) is 5.51. The molecule has 0 aliphatic rings. The number of aliphatic imine (C=N–C) groups is 1. The number of fused-ring (bicyclic) bond motifs is 1. The summed E-state index contributed by atoms with van der Waals surface area (Å²) in [6.45, 7) is 3.35. The van der Waals surface area contributed by atoms with Crippen molar-refractivity contribution in [3.8, 4) is 5.75 Å². The van der Waals surface area contributed by atoms with E-state index in [-0.39, 0.29) is 34.3 Å². The number of nitrogens with zero attached hydrogens (tertiary/aromatic N) is 3. The van der Waals surface area contributed by atoms with Crippen LogP contribution in [-0.4, -0.2) is 40.2 Å². The van der Waals surface area contributed by atoms with E-state index in [0.29, 0.717) is 18.5 Å². The fourth-order valence-electron chi connectivity index (χ4n) is 3.85. The minimum absolute atomic E-state index is 0.159. The van der Waals surface area contributed by atoms with Crippen molar-refractivity contribution in [1.29, 1.82) is 0 Å². The highest BCUT2D eigenvalue weighted by Gasteiger charge is 2.54. The van der Waals surface area contributed by atoms with Crippen LogP contribution in [0.3, 0.4) is 0 Å². The van der Waals surface area contributed by atoms with Crippen molar-refractivity contribution in [1.82, 2.24) is 9.97 Å². The van der Waals surface area contributed by atoms with Crippen LogP contribution in [0.1, 0.15) is 43.5 Å². The molecular weight excluding hydrogens is 457 g/mol. The Balaban J connectivity index is 2.07. The Bertz CT molecular complexity index is 1190. The van der Waals surface area contributed by atoms with Crippen LogP contribution >= 0.6 is 0 Å². The topological polar surface area (TPSA) is 67.6 Å². The quantitative estimate of drug-likeness (QED) is 0.308. The molecule has 3 aromatic rings. The maximum Gasteiger partial charge on any atom is 0.422 e. The molecular formula is C24H24F5N3O2. The maximum absolute atomic E-state index is 14.2. The lowest BCUT2D eigenvalue weighted by Gasteiger charge is -2.31. The molecule has 0 aliphatic heterocycles. The summed E-state index contributed by atoms with van der Waals surface area (Å²) in [6.07, 6.45) is -3.57. The first-order valence-electron chi connectivity index (χ1n) is 10.6. The average Bonchev–Trinajstić information content (AvgIpc) is 2.75. The SMILES string of the molecule is CCCC(CC(O)(/C=N\c1cc(F)cc2nc(C)ncc12)C(F)(F)F)c1cccc(F)c1OC. The third kappa shape index (κ3) is 5.32. The Morgan fingerprint density at radius 2 is 1.94 bits per heavy atom. The summed E-state index contributed by atoms with van der Waals surface area (Å²) < 4.78 is 75.6. The van der Waals surface area contributed by atoms with Crippen LogP contribution in [0.15, 0.2) is 41.5 Å². The van der Waals surface area contributed by atoms with E-state index in [1.807, 2.05) is 0 Å². The highest BCUT2D eigenvalue weighted by atomic mass is 19.4. The van der Waals surface area contributed by atoms with Crippen molar-refractivity contribution in [3.63, 3.8) is 0 Å². The largest absolute Gasteiger partial charge is 0.493 e. The highest BCUT2D eigenvalue weighted by Crippen LogP contribution is 2.42. The van der Waals surface area contributed by atoms with E-state index in [0.717, 1.165) is 18.2 Å². The number of benzene rings is 2. The summed E-state index contributed by atoms with van der Waals surface area (Å²) >= 11 is 0. The standard InChI is InChI=1S/C24H24F5N3O2/c1-4-6-15(17-7-5-8-19(26)22(17)34-3)11-23(33,24(27,28)29)13-31-20-9-16(25)10-21-18(20)12-30-14(2)32-21/h5,7-10,12-13,15,33H,4,6,11H2,1-3H3/b31-13-. The molecule has 5 nitrogen and oxygen atoms in total. The summed E-state index contributed by atoms with van der Waals surface area (Å²) in [6, 6.07) is 6.04. The average molecular weight is 481 g/mol. The molecule has 1 N–H and O–H groups in total. The second-order valence-corrected chi connectivity index (χ2v) is 8.01. The molecule has 10 heteroatoms. The van der Waals surface area contributed by atoms with E-state index >= 15 is 0 Å². The second kappa shape index (κ2) is 10.0. The second-order valence-electron chi connectivity index (χ2n) is 8.01. The number of aryl methyl sites for hydroxylation is 1. The Morgan fingerprint density at radius 3 is 2.59 bits per heavy atom. The Morgan fingerprint density at radius 1 is 1.21 bits per heavy atom. The zero-order valence-electron chi connectivity index (χ0n) is 18.8. The lowest BCUT2D eigenvalue weighted by molar-refractivity contribution is -0.232. The number of alkyl halides is 3. The van der Waals surface area contributed by atoms with Crippen molar-refractivity contribution >= 4 is 22.8 Å². The molecule has 1 heterocycles. The van der Waals surface area contributed by atoms with E-state index in [1.165, 1.54) is 25.4 Å². The predicted octanol–water partition coefficient (Wildman–Crippen LogP) is 6.19. The van der Waals surface area contributed by atoms with Gasteiger partial charge in [0.05, 0.1) is 18.3 Å². The minimum atomic E-state index is -5.11. The van der Waals surface area contributed by atoms with Crippen LogP contribution in [0.2, 0.25) is 0 Å². The van der Waals surface area contributed by atoms with Gasteiger partial charge in [-0.05, 0) is 31.7 Å². The molecule has 0 amide bonds. The van der Waals surface area contributed by atoms with Crippen LogP contribution in [0, 0.1) is 18.6 Å². The summed E-state index contributed by atoms with van der Waals surface area (Å²) in [5.41, 5.74) is -3.16. The van der Waals surface area contributed by atoms with E-state index in [1.54, 1.807) is 13.8 Å². The molecule has 0 aliphatic carbocycles. The van der Waals surface area contributed by atoms with Crippen molar-refractivity contribution < 1.29 is 31.8 Å². The molecule has 3 rings (SSSR count). The number of ether oxygens (including phenoxy) is 1. The molecule has 182 valence electrons. The first-order valence-corrected chi connectivity index (χ1v) is 10.6. The summed E-state index contributed by atoms with van der Waals surface area (Å²) in [5, 5.41) is 11.0. The van der Waals surface area contributed by atoms with Gasteiger partial charge in [-0.1, -0.05) is 25.5 Å². The molecule has 0 spiro atoms. The summed E-state index contributed by atoms with van der Waals surface area (Å²) in [5.74, 6) is -2.19. The number of methoxy groups -OCH3 is 1. The smallest absolute Gasteiger partial charge is 0.422 e. The van der Waals surface area contributed by atoms with Gasteiger partial charge in [0.2, 0.25) is 0 Å². The van der Waals surface area contributed by atoms with Crippen molar-refractivity contribution in [2.24, 2.45) is 4.99 Å². The van der Waals surface area contributed by atoms with E-state index in [9.17, 15) is 27.1 Å². The molecule has 0 saturated heterocycles. The van der Waals surface area contributed by atoms with E-state index < -0.39 is 35.8 Å². The van der Waals surface area contributed by atoms with Gasteiger partial charge in [-0.2, -0.15) is 13.2 Å². The van der Waals surface area contributed by atoms with Crippen LogP contribution in [0.5, 0.6) is 5.75 Å². The van der Waals surface area contributed by atoms with Gasteiger partial charge in [0.1, 0.15) is 11.6 Å². The monoisotopic (exact) mass is 481 g/mol. The number of hydrogen-bond acceptors (Lipinski definition) is 5. The lowest BCUT2D eigenvalue weighted by Crippen LogP contribution is -2.47. The van der Waals surface area contributed by atoms with Gasteiger partial charge in [0.25, 0.3) is 0 Å². The maximum atomic E-state index is 14.2. The zero-order chi connectivity index (χ0) is 25.1. The van der Waals surface area contributed by atoms with Crippen molar-refractivity contribution in [3.05, 3.63) is 59.6 Å². The number of para-hydroxylation sites is 1. The Labute approximate surface area is 193 Å². The van der Waals surface area contributed by atoms with Gasteiger partial charge in [-0.15, -0.1) is 0 Å². The molecule has 34 heavy (non-hydrogen) atoms. The molecule has 0 radical (unpaired) electrons. The van der Waals surface area contributed by atoms with Gasteiger partial charge in [0.15, 0.2) is 17.2 Å². The number of aromatic nitrogens is 2. The van der Waals surface area contributed by atoms with Gasteiger partial charge in [0, 0.05) is 35.5 Å². The van der Waals surface area contributed by atoms with Crippen molar-refractivity contribution in [2.45, 2.75) is 50.8 Å².